The minimum Gasteiger partial charge on any atom is -0.471 e. The summed E-state index contributed by atoms with van der Waals surface area (Å²) in [5.74, 6) is 1.34. The molecule has 3 aliphatic heterocycles. The summed E-state index contributed by atoms with van der Waals surface area (Å²) >= 11 is 0. The van der Waals surface area contributed by atoms with Gasteiger partial charge in [-0.2, -0.15) is 5.10 Å². The van der Waals surface area contributed by atoms with Crippen molar-refractivity contribution in [2.45, 2.75) is 84.2 Å². The molecule has 22 heteroatoms. The first-order chi connectivity index (χ1) is 42.9. The number of benzene rings is 3. The third kappa shape index (κ3) is 15.7. The van der Waals surface area contributed by atoms with Gasteiger partial charge in [-0.15, -0.1) is 5.10 Å². The van der Waals surface area contributed by atoms with Crippen LogP contribution in [0.1, 0.15) is 82.2 Å². The van der Waals surface area contributed by atoms with Gasteiger partial charge in [0.2, 0.25) is 23.6 Å². The number of nitrogens with zero attached hydrogens (tertiary/aromatic N) is 12. The van der Waals surface area contributed by atoms with E-state index in [2.05, 4.69) is 45.1 Å². The number of rotatable bonds is 13. The number of ether oxygens (including phenoxy) is 1. The van der Waals surface area contributed by atoms with Crippen molar-refractivity contribution in [2.75, 3.05) is 56.5 Å². The van der Waals surface area contributed by atoms with E-state index in [-0.39, 0.29) is 72.4 Å². The van der Waals surface area contributed by atoms with Crippen LogP contribution >= 0.6 is 0 Å². The second-order valence-corrected chi connectivity index (χ2v) is 22.3. The van der Waals surface area contributed by atoms with Crippen LogP contribution in [0.2, 0.25) is 0 Å². The van der Waals surface area contributed by atoms with Crippen molar-refractivity contribution < 1.29 is 32.3 Å². The highest BCUT2D eigenvalue weighted by molar-refractivity contribution is 5.82. The molecule has 3 unspecified atom stereocenters. The average molecular weight is 1200 g/mol. The van der Waals surface area contributed by atoms with Crippen LogP contribution in [0.5, 0.6) is 5.88 Å². The maximum absolute atomic E-state index is 13.4. The van der Waals surface area contributed by atoms with Crippen LogP contribution in [0.15, 0.2) is 140 Å². The summed E-state index contributed by atoms with van der Waals surface area (Å²) in [7, 11) is 0. The molecule has 12 rings (SSSR count). The van der Waals surface area contributed by atoms with Crippen molar-refractivity contribution >= 4 is 34.8 Å². The fraction of sp³-hybridized carbons (Fsp3) is 0.284. The number of nitrogens with two attached hydrogens (primary N) is 3. The van der Waals surface area contributed by atoms with Gasteiger partial charge in [0.05, 0.1) is 77.0 Å². The summed E-state index contributed by atoms with van der Waals surface area (Å²) in [4.78, 5) is 75.2. The van der Waals surface area contributed by atoms with E-state index in [9.17, 15) is 27.6 Å². The van der Waals surface area contributed by atoms with Crippen molar-refractivity contribution in [1.82, 2.24) is 59.8 Å². The first-order valence-electron chi connectivity index (χ1n) is 29.3. The molecule has 6 N–H and O–H groups in total. The molecule has 89 heavy (non-hydrogen) atoms. The smallest absolute Gasteiger partial charge is 0.233 e. The predicted octanol–water partition coefficient (Wildman–Crippen LogP) is 9.35. The summed E-state index contributed by atoms with van der Waals surface area (Å²) in [5, 5.41) is 7.71. The number of aromatic nitrogens is 9. The molecule has 3 amide bonds. The number of anilines is 3. The SMILES string of the molecule is Cc1cc(F)ccc1-c1ccc(N)c(CC(=O)N2CCC(Oc3cccnn3)C2)n1.Cc1cc(F)ccc1-c1ccc(N)c(CC(=O)N2CCC(c3ncccn3)C2)n1.Cc1ccnc(C2CCN(C(=O)Cc3nc(-c4ccc(F)cc4C)ccc3N)C2)n1. The minimum atomic E-state index is -0.297. The molecule has 9 aromatic rings. The van der Waals surface area contributed by atoms with Crippen LogP contribution in [0, 0.1) is 45.1 Å². The third-order valence-corrected chi connectivity index (χ3v) is 15.9. The molecule has 9 heterocycles. The zero-order valence-electron chi connectivity index (χ0n) is 49.9. The molecule has 0 spiro atoms. The molecule has 19 nitrogen and oxygen atoms in total. The quantitative estimate of drug-likeness (QED) is 0.0970. The van der Waals surface area contributed by atoms with E-state index < -0.39 is 0 Å². The van der Waals surface area contributed by atoms with E-state index in [4.69, 9.17) is 21.9 Å². The lowest BCUT2D eigenvalue weighted by atomic mass is 10.0. The molecule has 0 radical (unpaired) electrons. The standard InChI is InChI=1S/C23H24FN5O.C22H22FN5O2.C22H22FN5O/c1-14-11-17(24)3-4-18(14)20-6-5-19(25)21(28-20)12-22(30)29-10-8-16(13-29)23-26-9-7-15(2)27-23;1-14-11-15(23)4-5-17(14)19-7-6-18(24)20(26-19)12-22(29)28-10-8-16(13-28)30-21-3-2-9-25-27-21;1-14-11-16(23)3-4-17(14)19-6-5-18(24)20(27-19)12-21(29)28-10-7-15(13-28)22-25-8-2-9-26-22/h3-7,9,11,16H,8,10,12-13,25H2,1-2H3;2-7,9,11,16H,8,10,12-13,24H2,1H3;2-6,8-9,11,15H,7,10,12-13,24H2,1H3. The minimum absolute atomic E-state index is 0.0164. The topological polar surface area (TPSA) is 264 Å². The van der Waals surface area contributed by atoms with E-state index in [0.29, 0.717) is 96.4 Å². The molecule has 0 bridgehead atoms. The molecule has 0 saturated carbocycles. The number of carbonyl (C=O) groups excluding carboxylic acids is 3. The zero-order chi connectivity index (χ0) is 62.7. The number of aryl methyl sites for hydroxylation is 4. The van der Waals surface area contributed by atoms with Gasteiger partial charge in [0.15, 0.2) is 0 Å². The lowest BCUT2D eigenvalue weighted by molar-refractivity contribution is -0.130. The van der Waals surface area contributed by atoms with Crippen LogP contribution in [0.3, 0.4) is 0 Å². The van der Waals surface area contributed by atoms with Crippen LogP contribution in [-0.2, 0) is 33.6 Å². The normalized spacial score (nSPS) is 16.1. The van der Waals surface area contributed by atoms with Gasteiger partial charge in [-0.1, -0.05) is 0 Å². The zero-order valence-corrected chi connectivity index (χ0v) is 49.9. The largest absolute Gasteiger partial charge is 0.471 e. The molecule has 3 saturated heterocycles. The Kier molecular flexibility index (Phi) is 19.5. The Hall–Kier alpha value is -10.3. The average Bonchev–Trinajstić information content (AvgIpc) is 3.53. The van der Waals surface area contributed by atoms with E-state index in [0.717, 1.165) is 70.0 Å². The Morgan fingerprint density at radius 2 is 0.910 bits per heavy atom. The molecule has 3 atom stereocenters. The number of nitrogen functional groups attached to an aromatic ring is 3. The molecule has 456 valence electrons. The predicted molar refractivity (Wildman–Crippen MR) is 332 cm³/mol. The van der Waals surface area contributed by atoms with E-state index >= 15 is 0 Å². The summed E-state index contributed by atoms with van der Waals surface area (Å²) in [6.45, 7) is 11.0. The van der Waals surface area contributed by atoms with Gasteiger partial charge >= 0.3 is 0 Å². The van der Waals surface area contributed by atoms with Crippen LogP contribution in [-0.4, -0.2) is 123 Å². The highest BCUT2D eigenvalue weighted by Crippen LogP contribution is 2.31. The highest BCUT2D eigenvalue weighted by Gasteiger charge is 2.32. The lowest BCUT2D eigenvalue weighted by Crippen LogP contribution is -2.32. The Balaban J connectivity index is 0.000000147. The monoisotopic (exact) mass is 1200 g/mol. The van der Waals surface area contributed by atoms with Crippen molar-refractivity contribution in [3.8, 4) is 39.7 Å². The fourth-order valence-electron chi connectivity index (χ4n) is 11.1. The van der Waals surface area contributed by atoms with Crippen LogP contribution in [0.4, 0.5) is 30.2 Å². The molecular formula is C67H68F3N15O4. The van der Waals surface area contributed by atoms with Crippen molar-refractivity contribution in [3.05, 3.63) is 209 Å². The second-order valence-electron chi connectivity index (χ2n) is 22.3. The molecule has 3 fully saturated rings. The number of pyridine rings is 3. The van der Waals surface area contributed by atoms with Crippen LogP contribution in [0.25, 0.3) is 33.8 Å². The summed E-state index contributed by atoms with van der Waals surface area (Å²) in [6.07, 6.45) is 9.42. The number of halogens is 3. The number of amides is 3. The maximum atomic E-state index is 13.4. The van der Waals surface area contributed by atoms with Gasteiger partial charge in [-0.05, 0) is 166 Å². The highest BCUT2D eigenvalue weighted by atomic mass is 19.1. The number of hydrogen-bond donors (Lipinski definition) is 3. The molecule has 6 aromatic heterocycles. The fourth-order valence-corrected chi connectivity index (χ4v) is 11.1. The number of likely N-dealkylation sites (tertiary alicyclic amines) is 3. The summed E-state index contributed by atoms with van der Waals surface area (Å²) in [6, 6.07) is 31.4. The van der Waals surface area contributed by atoms with Gasteiger partial charge in [0, 0.05) is 104 Å². The first-order valence-corrected chi connectivity index (χ1v) is 29.3. The molecule has 3 aromatic carbocycles. The van der Waals surface area contributed by atoms with Crippen molar-refractivity contribution in [2.24, 2.45) is 0 Å². The van der Waals surface area contributed by atoms with Gasteiger partial charge in [-0.25, -0.2) is 33.1 Å². The van der Waals surface area contributed by atoms with E-state index in [1.807, 2.05) is 43.6 Å². The Morgan fingerprint density at radius 1 is 0.483 bits per heavy atom. The second kappa shape index (κ2) is 28.1. The van der Waals surface area contributed by atoms with Gasteiger partial charge in [0.1, 0.15) is 35.2 Å². The Bertz CT molecular complexity index is 4020. The van der Waals surface area contributed by atoms with E-state index in [1.54, 1.807) is 102 Å². The number of hydrogen-bond acceptors (Lipinski definition) is 16. The van der Waals surface area contributed by atoms with Crippen molar-refractivity contribution in [3.63, 3.8) is 0 Å². The summed E-state index contributed by atoms with van der Waals surface area (Å²) < 4.78 is 46.0. The van der Waals surface area contributed by atoms with E-state index in [1.165, 1.54) is 36.4 Å². The van der Waals surface area contributed by atoms with Crippen molar-refractivity contribution in [1.29, 1.82) is 0 Å². The Morgan fingerprint density at radius 3 is 1.34 bits per heavy atom. The van der Waals surface area contributed by atoms with Crippen LogP contribution < -0.4 is 21.9 Å². The molecular weight excluding hydrogens is 1140 g/mol. The lowest BCUT2D eigenvalue weighted by Gasteiger charge is -2.17. The van der Waals surface area contributed by atoms with Gasteiger partial charge in [0.25, 0.3) is 0 Å². The molecule has 3 aliphatic rings. The summed E-state index contributed by atoms with van der Waals surface area (Å²) in [5.41, 5.74) is 29.0. The molecule has 0 aliphatic carbocycles. The van der Waals surface area contributed by atoms with Gasteiger partial charge < -0.3 is 36.6 Å². The maximum Gasteiger partial charge on any atom is 0.233 e. The van der Waals surface area contributed by atoms with Gasteiger partial charge in [-0.3, -0.25) is 29.3 Å². The first kappa shape index (κ1) is 61.8. The Labute approximate surface area is 513 Å². The number of carbonyl (C=O) groups is 3. The third-order valence-electron chi connectivity index (χ3n) is 15.9.